The van der Waals surface area contributed by atoms with Crippen LogP contribution < -0.4 is 0 Å². The van der Waals surface area contributed by atoms with Gasteiger partial charge in [-0.25, -0.2) is 0 Å². The lowest BCUT2D eigenvalue weighted by Gasteiger charge is -2.23. The molecule has 0 saturated carbocycles. The second kappa shape index (κ2) is 10.8. The third kappa shape index (κ3) is 3.99. The second-order valence-corrected chi connectivity index (χ2v) is 14.9. The van der Waals surface area contributed by atoms with Crippen LogP contribution >= 0.6 is 0 Å². The number of hydrogen-bond acceptors (Lipinski definition) is 0. The van der Waals surface area contributed by atoms with Crippen molar-refractivity contribution in [3.8, 4) is 39.1 Å². The summed E-state index contributed by atoms with van der Waals surface area (Å²) in [6, 6.07) is 65.3. The highest BCUT2D eigenvalue weighted by molar-refractivity contribution is 6.38. The van der Waals surface area contributed by atoms with Gasteiger partial charge in [-0.05, 0) is 102 Å². The van der Waals surface area contributed by atoms with E-state index in [0.717, 1.165) is 0 Å². The Morgan fingerprint density at radius 1 is 0.365 bits per heavy atom. The molecule has 0 saturated heterocycles. The second-order valence-electron chi connectivity index (χ2n) is 14.9. The number of para-hydroxylation sites is 2. The lowest BCUT2D eigenvalue weighted by atomic mass is 9.80. The summed E-state index contributed by atoms with van der Waals surface area (Å²) >= 11 is 0. The van der Waals surface area contributed by atoms with Crippen molar-refractivity contribution < 1.29 is 0 Å². The Labute approximate surface area is 303 Å². The molecule has 1 nitrogen and oxygen atoms in total. The molecule has 0 unspecified atom stereocenters. The molecule has 52 heavy (non-hydrogen) atoms. The van der Waals surface area contributed by atoms with E-state index in [-0.39, 0.29) is 5.41 Å². The van der Waals surface area contributed by atoms with Crippen LogP contribution in [0.3, 0.4) is 0 Å². The highest BCUT2D eigenvalue weighted by Gasteiger charge is 2.36. The molecule has 244 valence electrons. The molecule has 0 amide bonds. The summed E-state index contributed by atoms with van der Waals surface area (Å²) in [6.45, 7) is 4.78. The van der Waals surface area contributed by atoms with E-state index >= 15 is 0 Å². The first-order valence-electron chi connectivity index (χ1n) is 18.3. The van der Waals surface area contributed by atoms with E-state index in [0.29, 0.717) is 0 Å². The van der Waals surface area contributed by atoms with Gasteiger partial charge >= 0.3 is 0 Å². The first kappa shape index (κ1) is 29.3. The summed E-state index contributed by atoms with van der Waals surface area (Å²) in [6.07, 6.45) is 0. The van der Waals surface area contributed by atoms with E-state index in [9.17, 15) is 0 Å². The van der Waals surface area contributed by atoms with E-state index < -0.39 is 0 Å². The summed E-state index contributed by atoms with van der Waals surface area (Å²) in [4.78, 5) is 0. The third-order valence-electron chi connectivity index (χ3n) is 11.8. The highest BCUT2D eigenvalue weighted by Crippen LogP contribution is 2.52. The fourth-order valence-corrected chi connectivity index (χ4v) is 9.33. The van der Waals surface area contributed by atoms with Crippen molar-refractivity contribution in [2.24, 2.45) is 0 Å². The van der Waals surface area contributed by atoms with Gasteiger partial charge in [0.2, 0.25) is 0 Å². The molecule has 0 N–H and O–H groups in total. The van der Waals surface area contributed by atoms with Gasteiger partial charge in [-0.15, -0.1) is 0 Å². The van der Waals surface area contributed by atoms with Gasteiger partial charge in [-0.1, -0.05) is 153 Å². The van der Waals surface area contributed by atoms with Gasteiger partial charge in [0.25, 0.3) is 0 Å². The summed E-state index contributed by atoms with van der Waals surface area (Å²) in [7, 11) is 0. The number of hydrogen-bond donors (Lipinski definition) is 0. The molecule has 0 bridgehead atoms. The van der Waals surface area contributed by atoms with Crippen LogP contribution in [0, 0.1) is 0 Å². The SMILES string of the molecule is CC1(C)c2cc(-c3ccccc3)ccc2-c2ccc(-c3cc4c5ccccc5c5c(c6ccccc6n5-c5ccccc5)c4c4ccccc34)cc21. The maximum absolute atomic E-state index is 2.48. The van der Waals surface area contributed by atoms with Crippen LogP contribution in [-0.4, -0.2) is 4.57 Å². The van der Waals surface area contributed by atoms with E-state index in [1.54, 1.807) is 0 Å². The topological polar surface area (TPSA) is 4.93 Å². The van der Waals surface area contributed by atoms with Crippen LogP contribution in [0.1, 0.15) is 25.0 Å². The van der Waals surface area contributed by atoms with E-state index in [1.807, 2.05) is 0 Å². The van der Waals surface area contributed by atoms with Gasteiger partial charge in [0, 0.05) is 32.6 Å². The maximum atomic E-state index is 2.48. The molecule has 1 aliphatic rings. The number of fused-ring (bicyclic) bond motifs is 13. The largest absolute Gasteiger partial charge is 0.309 e. The normalized spacial score (nSPS) is 13.3. The maximum Gasteiger partial charge on any atom is 0.0626 e. The quantitative estimate of drug-likeness (QED) is 0.166. The molecule has 9 aromatic carbocycles. The van der Waals surface area contributed by atoms with Crippen molar-refractivity contribution in [1.29, 1.82) is 0 Å². The fourth-order valence-electron chi connectivity index (χ4n) is 9.33. The number of aromatic nitrogens is 1. The van der Waals surface area contributed by atoms with E-state index in [1.165, 1.54) is 104 Å². The Hall–Kier alpha value is -6.44. The zero-order valence-corrected chi connectivity index (χ0v) is 29.2. The number of nitrogens with zero attached hydrogens (tertiary/aromatic N) is 1. The fraction of sp³-hybridized carbons (Fsp3) is 0.0588. The van der Waals surface area contributed by atoms with Gasteiger partial charge in [-0.2, -0.15) is 0 Å². The first-order valence-corrected chi connectivity index (χ1v) is 18.3. The molecule has 10 aromatic rings. The summed E-state index contributed by atoms with van der Waals surface area (Å²) < 4.78 is 2.47. The van der Waals surface area contributed by atoms with Crippen molar-refractivity contribution in [1.82, 2.24) is 4.57 Å². The van der Waals surface area contributed by atoms with Gasteiger partial charge in [-0.3, -0.25) is 0 Å². The van der Waals surface area contributed by atoms with Crippen LogP contribution in [-0.2, 0) is 5.41 Å². The van der Waals surface area contributed by atoms with Crippen LogP contribution in [0.4, 0.5) is 0 Å². The predicted molar refractivity (Wildman–Crippen MR) is 222 cm³/mol. The van der Waals surface area contributed by atoms with Crippen molar-refractivity contribution in [2.75, 3.05) is 0 Å². The van der Waals surface area contributed by atoms with Crippen molar-refractivity contribution in [2.45, 2.75) is 19.3 Å². The average molecular weight is 662 g/mol. The third-order valence-corrected chi connectivity index (χ3v) is 11.8. The molecule has 0 spiro atoms. The van der Waals surface area contributed by atoms with Crippen molar-refractivity contribution in [3.05, 3.63) is 187 Å². The summed E-state index contributed by atoms with van der Waals surface area (Å²) in [5.74, 6) is 0. The van der Waals surface area contributed by atoms with Gasteiger partial charge in [0.05, 0.1) is 11.0 Å². The molecule has 1 heteroatoms. The Kier molecular flexibility index (Phi) is 6.08. The summed E-state index contributed by atoms with van der Waals surface area (Å²) in [5.41, 5.74) is 14.1. The van der Waals surface area contributed by atoms with Crippen molar-refractivity contribution >= 4 is 54.1 Å². The zero-order valence-electron chi connectivity index (χ0n) is 29.2. The minimum atomic E-state index is -0.129. The lowest BCUT2D eigenvalue weighted by molar-refractivity contribution is 0.661. The van der Waals surface area contributed by atoms with Crippen LogP contribution in [0.5, 0.6) is 0 Å². The summed E-state index contributed by atoms with van der Waals surface area (Å²) in [5, 5.41) is 10.3. The van der Waals surface area contributed by atoms with Crippen LogP contribution in [0.15, 0.2) is 176 Å². The Balaban J connectivity index is 1.20. The average Bonchev–Trinajstić information content (AvgIpc) is 3.67. The highest BCUT2D eigenvalue weighted by atomic mass is 15.0. The van der Waals surface area contributed by atoms with Gasteiger partial charge in [0.1, 0.15) is 0 Å². The Bertz CT molecular complexity index is 3070. The molecule has 11 rings (SSSR count). The minimum absolute atomic E-state index is 0.129. The van der Waals surface area contributed by atoms with Crippen LogP contribution in [0.2, 0.25) is 0 Å². The molecule has 1 aromatic heterocycles. The molecule has 0 fully saturated rings. The Morgan fingerprint density at radius 2 is 0.923 bits per heavy atom. The zero-order chi connectivity index (χ0) is 34.6. The molecule has 1 heterocycles. The molecule has 1 aliphatic carbocycles. The van der Waals surface area contributed by atoms with Gasteiger partial charge < -0.3 is 4.57 Å². The van der Waals surface area contributed by atoms with Gasteiger partial charge in [0.15, 0.2) is 0 Å². The lowest BCUT2D eigenvalue weighted by Crippen LogP contribution is -2.15. The molecule has 0 atom stereocenters. The molecule has 0 aliphatic heterocycles. The number of rotatable bonds is 3. The van der Waals surface area contributed by atoms with E-state index in [2.05, 4.69) is 194 Å². The molecule has 0 radical (unpaired) electrons. The predicted octanol–water partition coefficient (Wildman–Crippen LogP) is 13.9. The molecular formula is C51H35N. The smallest absolute Gasteiger partial charge is 0.0626 e. The molecular weight excluding hydrogens is 627 g/mol. The van der Waals surface area contributed by atoms with Crippen molar-refractivity contribution in [3.63, 3.8) is 0 Å². The van der Waals surface area contributed by atoms with E-state index in [4.69, 9.17) is 0 Å². The number of benzene rings is 9. The first-order chi connectivity index (χ1) is 25.6. The standard InChI is InChI=1S/C51H35N/c1-51(2)45-29-33(32-15-5-3-6-16-32)25-27-38(45)39-28-26-34(30-46(39)51)43-31-44-37-20-10-12-22-41(37)50-49(48(44)40-21-11-9-19-36(40)43)42-23-13-14-24-47(42)52(50)35-17-7-4-8-18-35/h3-31H,1-2H3. The van der Waals surface area contributed by atoms with Crippen LogP contribution in [0.25, 0.3) is 93.2 Å². The monoisotopic (exact) mass is 661 g/mol. The Morgan fingerprint density at radius 3 is 1.65 bits per heavy atom. The minimum Gasteiger partial charge on any atom is -0.309 e.